The number of carbonyl (C=O) groups is 1. The van der Waals surface area contributed by atoms with E-state index in [9.17, 15) is 4.79 Å². The molecule has 0 saturated heterocycles. The lowest BCUT2D eigenvalue weighted by Gasteiger charge is -2.16. The second-order valence-electron chi connectivity index (χ2n) is 5.54. The number of hydrogen-bond donors (Lipinski definition) is 1. The zero-order valence-corrected chi connectivity index (χ0v) is 14.0. The summed E-state index contributed by atoms with van der Waals surface area (Å²) in [6, 6.07) is 13.3. The quantitative estimate of drug-likeness (QED) is 0.818. The van der Waals surface area contributed by atoms with E-state index in [0.29, 0.717) is 18.1 Å². The predicted molar refractivity (Wildman–Crippen MR) is 91.3 cm³/mol. The van der Waals surface area contributed by atoms with Crippen molar-refractivity contribution in [2.24, 2.45) is 0 Å². The zero-order valence-electron chi connectivity index (χ0n) is 13.3. The van der Waals surface area contributed by atoms with Crippen LogP contribution in [0.3, 0.4) is 0 Å². The first-order valence-corrected chi connectivity index (χ1v) is 7.75. The fourth-order valence-corrected chi connectivity index (χ4v) is 2.42. The van der Waals surface area contributed by atoms with Crippen LogP contribution in [-0.4, -0.2) is 29.6 Å². The Morgan fingerprint density at radius 2 is 1.91 bits per heavy atom. The van der Waals surface area contributed by atoms with Crippen molar-refractivity contribution in [3.05, 3.63) is 58.6 Å². The van der Waals surface area contributed by atoms with Crippen LogP contribution in [0.25, 0.3) is 0 Å². The number of carboxylic acid groups (broad SMARTS) is 1. The first-order valence-electron chi connectivity index (χ1n) is 7.37. The van der Waals surface area contributed by atoms with Gasteiger partial charge in [0.05, 0.1) is 6.42 Å². The van der Waals surface area contributed by atoms with Crippen molar-refractivity contribution in [1.29, 1.82) is 0 Å². The van der Waals surface area contributed by atoms with Gasteiger partial charge in [0.25, 0.3) is 0 Å². The van der Waals surface area contributed by atoms with E-state index in [1.54, 1.807) is 6.07 Å². The van der Waals surface area contributed by atoms with E-state index in [1.165, 1.54) is 0 Å². The number of nitrogens with zero attached hydrogens (tertiary/aromatic N) is 1. The summed E-state index contributed by atoms with van der Waals surface area (Å²) in [6.45, 7) is 3.18. The predicted octanol–water partition coefficient (Wildman–Crippen LogP) is 4.35. The van der Waals surface area contributed by atoms with Crippen LogP contribution in [-0.2, 0) is 11.3 Å². The molecule has 2 aromatic rings. The second kappa shape index (κ2) is 7.99. The third-order valence-corrected chi connectivity index (χ3v) is 3.68. The molecule has 2 aromatic carbocycles. The average molecular weight is 334 g/mol. The maximum atomic E-state index is 10.6. The highest BCUT2D eigenvalue weighted by atomic mass is 35.5. The van der Waals surface area contributed by atoms with Crippen molar-refractivity contribution >= 4 is 17.6 Å². The molecule has 1 N–H and O–H groups in total. The normalized spacial score (nSPS) is 10.8. The number of hydrogen-bond acceptors (Lipinski definition) is 3. The molecule has 0 aromatic heterocycles. The highest BCUT2D eigenvalue weighted by molar-refractivity contribution is 6.30. The Morgan fingerprint density at radius 3 is 2.52 bits per heavy atom. The molecule has 0 fully saturated rings. The van der Waals surface area contributed by atoms with Gasteiger partial charge in [-0.3, -0.25) is 4.79 Å². The Morgan fingerprint density at radius 1 is 1.22 bits per heavy atom. The molecule has 0 saturated carbocycles. The summed E-state index contributed by atoms with van der Waals surface area (Å²) in [5.41, 5.74) is 2.09. The molecule has 0 amide bonds. The van der Waals surface area contributed by atoms with Crippen molar-refractivity contribution in [3.63, 3.8) is 0 Å². The molecule has 4 nitrogen and oxygen atoms in total. The third kappa shape index (κ3) is 5.58. The lowest BCUT2D eigenvalue weighted by Crippen LogP contribution is -2.21. The SMILES string of the molecule is Cc1cc(Cl)ccc1Oc1ccc(CN(C)CCC(=O)O)cc1. The Hall–Kier alpha value is -2.04. The molecule has 0 spiro atoms. The smallest absolute Gasteiger partial charge is 0.304 e. The van der Waals surface area contributed by atoms with Gasteiger partial charge in [0.1, 0.15) is 11.5 Å². The molecule has 0 heterocycles. The van der Waals surface area contributed by atoms with Crippen molar-refractivity contribution in [3.8, 4) is 11.5 Å². The monoisotopic (exact) mass is 333 g/mol. The number of rotatable bonds is 7. The Balaban J connectivity index is 1.95. The lowest BCUT2D eigenvalue weighted by molar-refractivity contribution is -0.137. The molecule has 0 aliphatic rings. The van der Waals surface area contributed by atoms with E-state index in [2.05, 4.69) is 0 Å². The Bertz CT molecular complexity index is 670. The number of aryl methyl sites for hydroxylation is 1. The van der Waals surface area contributed by atoms with Gasteiger partial charge in [-0.05, 0) is 55.4 Å². The van der Waals surface area contributed by atoms with Gasteiger partial charge in [0.2, 0.25) is 0 Å². The van der Waals surface area contributed by atoms with E-state index in [1.807, 2.05) is 55.3 Å². The number of halogens is 1. The van der Waals surface area contributed by atoms with Crippen LogP contribution < -0.4 is 4.74 Å². The summed E-state index contributed by atoms with van der Waals surface area (Å²) < 4.78 is 5.85. The molecule has 23 heavy (non-hydrogen) atoms. The number of carboxylic acids is 1. The zero-order chi connectivity index (χ0) is 16.8. The maximum Gasteiger partial charge on any atom is 0.304 e. The van der Waals surface area contributed by atoms with E-state index in [0.717, 1.165) is 22.6 Å². The van der Waals surface area contributed by atoms with Crippen LogP contribution in [0.2, 0.25) is 5.02 Å². The highest BCUT2D eigenvalue weighted by Crippen LogP contribution is 2.27. The van der Waals surface area contributed by atoms with Crippen molar-refractivity contribution in [2.75, 3.05) is 13.6 Å². The van der Waals surface area contributed by atoms with Crippen LogP contribution >= 0.6 is 11.6 Å². The van der Waals surface area contributed by atoms with Gasteiger partial charge in [-0.15, -0.1) is 0 Å². The standard InChI is InChI=1S/C18H20ClNO3/c1-13-11-15(19)5-8-17(13)23-16-6-3-14(4-7-16)12-20(2)10-9-18(21)22/h3-8,11H,9-10,12H2,1-2H3,(H,21,22). The molecule has 0 aliphatic carbocycles. The van der Waals surface area contributed by atoms with E-state index in [-0.39, 0.29) is 6.42 Å². The summed E-state index contributed by atoms with van der Waals surface area (Å²) in [4.78, 5) is 12.6. The molecule has 0 bridgehead atoms. The molecule has 0 aliphatic heterocycles. The Kier molecular flexibility index (Phi) is 6.02. The first-order chi connectivity index (χ1) is 10.9. The molecule has 122 valence electrons. The highest BCUT2D eigenvalue weighted by Gasteiger charge is 2.05. The van der Waals surface area contributed by atoms with Crippen molar-refractivity contribution in [1.82, 2.24) is 4.90 Å². The van der Waals surface area contributed by atoms with E-state index >= 15 is 0 Å². The summed E-state index contributed by atoms with van der Waals surface area (Å²) in [6.07, 6.45) is 0.146. The molecular weight excluding hydrogens is 314 g/mol. The molecule has 5 heteroatoms. The maximum absolute atomic E-state index is 10.6. The molecule has 0 radical (unpaired) electrons. The summed E-state index contributed by atoms with van der Waals surface area (Å²) in [5.74, 6) is 0.756. The average Bonchev–Trinajstić information content (AvgIpc) is 2.50. The van der Waals surface area contributed by atoms with Gasteiger partial charge < -0.3 is 14.7 Å². The minimum Gasteiger partial charge on any atom is -0.481 e. The van der Waals surface area contributed by atoms with Gasteiger partial charge >= 0.3 is 5.97 Å². The van der Waals surface area contributed by atoms with Gasteiger partial charge in [-0.25, -0.2) is 0 Å². The third-order valence-electron chi connectivity index (χ3n) is 3.45. The van der Waals surface area contributed by atoms with E-state index < -0.39 is 5.97 Å². The van der Waals surface area contributed by atoms with Crippen LogP contribution in [0.5, 0.6) is 11.5 Å². The van der Waals surface area contributed by atoms with Gasteiger partial charge in [-0.2, -0.15) is 0 Å². The topological polar surface area (TPSA) is 49.8 Å². The summed E-state index contributed by atoms with van der Waals surface area (Å²) in [7, 11) is 1.91. The minimum absolute atomic E-state index is 0.146. The van der Waals surface area contributed by atoms with Crippen molar-refractivity contribution < 1.29 is 14.6 Å². The van der Waals surface area contributed by atoms with Gasteiger partial charge in [0, 0.05) is 18.1 Å². The molecule has 0 atom stereocenters. The number of ether oxygens (including phenoxy) is 1. The fraction of sp³-hybridized carbons (Fsp3) is 0.278. The first kappa shape index (κ1) is 17.3. The Labute approximate surface area is 141 Å². The fourth-order valence-electron chi connectivity index (χ4n) is 2.19. The molecule has 2 rings (SSSR count). The van der Waals surface area contributed by atoms with Crippen LogP contribution in [0.15, 0.2) is 42.5 Å². The number of aliphatic carboxylic acids is 1. The van der Waals surface area contributed by atoms with Gasteiger partial charge in [-0.1, -0.05) is 23.7 Å². The summed E-state index contributed by atoms with van der Waals surface area (Å²) >= 11 is 5.94. The van der Waals surface area contributed by atoms with Gasteiger partial charge in [0.15, 0.2) is 0 Å². The number of benzene rings is 2. The molecule has 0 unspecified atom stereocenters. The van der Waals surface area contributed by atoms with Crippen LogP contribution in [0, 0.1) is 6.92 Å². The largest absolute Gasteiger partial charge is 0.481 e. The lowest BCUT2D eigenvalue weighted by atomic mass is 10.2. The van der Waals surface area contributed by atoms with Crippen LogP contribution in [0.4, 0.5) is 0 Å². The van der Waals surface area contributed by atoms with Crippen molar-refractivity contribution in [2.45, 2.75) is 19.9 Å². The van der Waals surface area contributed by atoms with E-state index in [4.69, 9.17) is 21.4 Å². The molecular formula is C18H20ClNO3. The second-order valence-corrected chi connectivity index (χ2v) is 5.97. The summed E-state index contributed by atoms with van der Waals surface area (Å²) in [5, 5.41) is 9.38. The minimum atomic E-state index is -0.779. The van der Waals surface area contributed by atoms with Crippen LogP contribution in [0.1, 0.15) is 17.5 Å².